The van der Waals surface area contributed by atoms with E-state index in [0.29, 0.717) is 38.6 Å². The highest BCUT2D eigenvalue weighted by atomic mass is 16.4. The maximum Gasteiger partial charge on any atom is 0.306 e. The molecule has 0 aliphatic heterocycles. The van der Waals surface area contributed by atoms with Gasteiger partial charge in [0.2, 0.25) is 11.8 Å². The van der Waals surface area contributed by atoms with E-state index in [-0.39, 0.29) is 23.8 Å². The van der Waals surface area contributed by atoms with Crippen LogP contribution in [-0.4, -0.2) is 35.5 Å². The van der Waals surface area contributed by atoms with Gasteiger partial charge in [-0.3, -0.25) is 14.4 Å². The van der Waals surface area contributed by atoms with Gasteiger partial charge in [-0.05, 0) is 32.6 Å². The molecule has 2 atom stereocenters. The molecule has 6 nitrogen and oxygen atoms in total. The fourth-order valence-electron chi connectivity index (χ4n) is 2.33. The minimum absolute atomic E-state index is 0.0296. The zero-order chi connectivity index (χ0) is 14.3. The van der Waals surface area contributed by atoms with Crippen LogP contribution < -0.4 is 10.6 Å². The maximum absolute atomic E-state index is 11.6. The third kappa shape index (κ3) is 5.72. The number of carboxylic acid groups (broad SMARTS) is 1. The highest BCUT2D eigenvalue weighted by Crippen LogP contribution is 2.25. The first kappa shape index (κ1) is 15.5. The molecule has 108 valence electrons. The molecule has 1 aliphatic rings. The largest absolute Gasteiger partial charge is 0.481 e. The van der Waals surface area contributed by atoms with Crippen LogP contribution >= 0.6 is 0 Å². The van der Waals surface area contributed by atoms with E-state index in [1.54, 1.807) is 0 Å². The summed E-state index contributed by atoms with van der Waals surface area (Å²) in [6, 6.07) is -0.0296. The monoisotopic (exact) mass is 270 g/mol. The second-order valence-electron chi connectivity index (χ2n) is 4.92. The van der Waals surface area contributed by atoms with Gasteiger partial charge in [0.25, 0.3) is 0 Å². The van der Waals surface area contributed by atoms with Crippen LogP contribution in [0.25, 0.3) is 0 Å². The molecule has 1 fully saturated rings. The van der Waals surface area contributed by atoms with E-state index in [0.717, 1.165) is 6.42 Å². The Bertz CT molecular complexity index is 344. The van der Waals surface area contributed by atoms with Crippen molar-refractivity contribution in [3.8, 4) is 0 Å². The molecule has 2 amide bonds. The van der Waals surface area contributed by atoms with Crippen molar-refractivity contribution in [3.05, 3.63) is 0 Å². The summed E-state index contributed by atoms with van der Waals surface area (Å²) in [6.07, 6.45) is 3.04. The van der Waals surface area contributed by atoms with Gasteiger partial charge in [0.05, 0.1) is 5.92 Å². The van der Waals surface area contributed by atoms with Crippen LogP contribution in [0, 0.1) is 5.92 Å². The molecular formula is C13H22N2O4. The van der Waals surface area contributed by atoms with Crippen LogP contribution in [-0.2, 0) is 14.4 Å². The van der Waals surface area contributed by atoms with Gasteiger partial charge in [-0.2, -0.15) is 0 Å². The molecule has 3 N–H and O–H groups in total. The highest BCUT2D eigenvalue weighted by Gasteiger charge is 2.30. The van der Waals surface area contributed by atoms with Crippen LogP contribution in [0.3, 0.4) is 0 Å². The Labute approximate surface area is 112 Å². The molecule has 1 aliphatic carbocycles. The third-order valence-electron chi connectivity index (χ3n) is 3.33. The summed E-state index contributed by atoms with van der Waals surface area (Å²) in [5, 5.41) is 14.4. The summed E-state index contributed by atoms with van der Waals surface area (Å²) in [6.45, 7) is 2.45. The molecule has 0 spiro atoms. The van der Waals surface area contributed by atoms with E-state index < -0.39 is 5.97 Å². The van der Waals surface area contributed by atoms with Gasteiger partial charge in [-0.25, -0.2) is 0 Å². The topological polar surface area (TPSA) is 95.5 Å². The van der Waals surface area contributed by atoms with Crippen LogP contribution in [0.4, 0.5) is 0 Å². The SMILES string of the molecule is CCNC(=O)CCCC(=O)N[C@H]1CC[C@@H](C(=O)O)C1. The van der Waals surface area contributed by atoms with Gasteiger partial charge in [0.1, 0.15) is 0 Å². The van der Waals surface area contributed by atoms with Crippen molar-refractivity contribution in [3.63, 3.8) is 0 Å². The first-order valence-electron chi connectivity index (χ1n) is 6.81. The minimum Gasteiger partial charge on any atom is -0.481 e. The molecule has 0 bridgehead atoms. The number of carbonyl (C=O) groups is 3. The summed E-state index contributed by atoms with van der Waals surface area (Å²) in [4.78, 5) is 33.6. The van der Waals surface area contributed by atoms with E-state index in [4.69, 9.17) is 5.11 Å². The average molecular weight is 270 g/mol. The van der Waals surface area contributed by atoms with E-state index in [9.17, 15) is 14.4 Å². The fraction of sp³-hybridized carbons (Fsp3) is 0.769. The van der Waals surface area contributed by atoms with Crippen LogP contribution in [0.1, 0.15) is 45.4 Å². The molecule has 0 radical (unpaired) electrons. The zero-order valence-electron chi connectivity index (χ0n) is 11.3. The molecule has 1 saturated carbocycles. The Balaban J connectivity index is 2.15. The predicted molar refractivity (Wildman–Crippen MR) is 69.4 cm³/mol. The van der Waals surface area contributed by atoms with Gasteiger partial charge in [-0.15, -0.1) is 0 Å². The molecular weight excluding hydrogens is 248 g/mol. The van der Waals surface area contributed by atoms with Crippen molar-refractivity contribution in [2.75, 3.05) is 6.54 Å². The number of aliphatic carboxylic acids is 1. The summed E-state index contributed by atoms with van der Waals surface area (Å²) >= 11 is 0. The lowest BCUT2D eigenvalue weighted by Gasteiger charge is -2.12. The lowest BCUT2D eigenvalue weighted by Crippen LogP contribution is -2.33. The molecule has 0 aromatic carbocycles. The minimum atomic E-state index is -0.784. The Morgan fingerprint density at radius 2 is 1.84 bits per heavy atom. The Hall–Kier alpha value is -1.59. The number of carboxylic acids is 1. The first-order chi connectivity index (χ1) is 9.02. The summed E-state index contributed by atoms with van der Waals surface area (Å²) in [7, 11) is 0. The molecule has 19 heavy (non-hydrogen) atoms. The molecule has 1 rings (SSSR count). The second-order valence-corrected chi connectivity index (χ2v) is 4.92. The summed E-state index contributed by atoms with van der Waals surface area (Å²) < 4.78 is 0. The van der Waals surface area contributed by atoms with E-state index in [1.807, 2.05) is 6.92 Å². The van der Waals surface area contributed by atoms with Crippen LogP contribution in [0.5, 0.6) is 0 Å². The van der Waals surface area contributed by atoms with Gasteiger partial charge in [-0.1, -0.05) is 0 Å². The van der Waals surface area contributed by atoms with Crippen molar-refractivity contribution >= 4 is 17.8 Å². The summed E-state index contributed by atoms with van der Waals surface area (Å²) in [5.41, 5.74) is 0. The van der Waals surface area contributed by atoms with Crippen molar-refractivity contribution in [2.45, 2.75) is 51.5 Å². The number of rotatable bonds is 7. The number of nitrogens with one attached hydrogen (secondary N) is 2. The summed E-state index contributed by atoms with van der Waals surface area (Å²) in [5.74, 6) is -1.25. The lowest BCUT2D eigenvalue weighted by molar-refractivity contribution is -0.141. The zero-order valence-corrected chi connectivity index (χ0v) is 11.3. The predicted octanol–water partition coefficient (Wildman–Crippen LogP) is 0.662. The van der Waals surface area contributed by atoms with Crippen molar-refractivity contribution < 1.29 is 19.5 Å². The van der Waals surface area contributed by atoms with Crippen molar-refractivity contribution in [2.24, 2.45) is 5.92 Å². The van der Waals surface area contributed by atoms with Gasteiger partial charge in [0, 0.05) is 25.4 Å². The normalized spacial score (nSPS) is 21.9. The molecule has 0 aromatic heterocycles. The van der Waals surface area contributed by atoms with Gasteiger partial charge in [0.15, 0.2) is 0 Å². The maximum atomic E-state index is 11.6. The molecule has 0 aromatic rings. The molecule has 0 saturated heterocycles. The second kappa shape index (κ2) is 7.76. The quantitative estimate of drug-likeness (QED) is 0.633. The standard InChI is InChI=1S/C13H22N2O4/c1-2-14-11(16)4-3-5-12(17)15-10-7-6-9(8-10)13(18)19/h9-10H,2-8H2,1H3,(H,14,16)(H,15,17)(H,18,19)/t9-,10+/m1/s1. The number of carbonyl (C=O) groups excluding carboxylic acids is 2. The Kier molecular flexibility index (Phi) is 6.32. The van der Waals surface area contributed by atoms with Crippen molar-refractivity contribution in [1.82, 2.24) is 10.6 Å². The number of amides is 2. The molecule has 0 heterocycles. The average Bonchev–Trinajstić information content (AvgIpc) is 2.78. The number of hydrogen-bond acceptors (Lipinski definition) is 3. The Morgan fingerprint density at radius 1 is 1.16 bits per heavy atom. The lowest BCUT2D eigenvalue weighted by atomic mass is 10.1. The van der Waals surface area contributed by atoms with Gasteiger partial charge < -0.3 is 15.7 Å². The first-order valence-corrected chi connectivity index (χ1v) is 6.81. The van der Waals surface area contributed by atoms with E-state index in [1.165, 1.54) is 0 Å². The van der Waals surface area contributed by atoms with Gasteiger partial charge >= 0.3 is 5.97 Å². The van der Waals surface area contributed by atoms with Crippen molar-refractivity contribution in [1.29, 1.82) is 0 Å². The number of hydrogen-bond donors (Lipinski definition) is 3. The smallest absolute Gasteiger partial charge is 0.306 e. The Morgan fingerprint density at radius 3 is 2.42 bits per heavy atom. The van der Waals surface area contributed by atoms with E-state index >= 15 is 0 Å². The van der Waals surface area contributed by atoms with E-state index in [2.05, 4.69) is 10.6 Å². The fourth-order valence-corrected chi connectivity index (χ4v) is 2.33. The third-order valence-corrected chi connectivity index (χ3v) is 3.33. The molecule has 6 heteroatoms. The van der Waals surface area contributed by atoms with Crippen LogP contribution in [0.2, 0.25) is 0 Å². The van der Waals surface area contributed by atoms with Crippen LogP contribution in [0.15, 0.2) is 0 Å². The highest BCUT2D eigenvalue weighted by molar-refractivity contribution is 5.79. The molecule has 0 unspecified atom stereocenters.